The van der Waals surface area contributed by atoms with E-state index < -0.39 is 0 Å². The van der Waals surface area contributed by atoms with Crippen LogP contribution >= 0.6 is 0 Å². The average molecular weight is 376 g/mol. The number of hydrogen-bond donors (Lipinski definition) is 1. The molecule has 2 aliphatic rings. The fraction of sp³-hybridized carbons (Fsp3) is 0.667. The van der Waals surface area contributed by atoms with Crippen LogP contribution in [0.1, 0.15) is 30.7 Å². The van der Waals surface area contributed by atoms with E-state index in [9.17, 15) is 4.79 Å². The molecule has 0 saturated carbocycles. The molecule has 2 amide bonds. The third-order valence-electron chi connectivity index (χ3n) is 5.88. The van der Waals surface area contributed by atoms with Gasteiger partial charge in [0.15, 0.2) is 0 Å². The van der Waals surface area contributed by atoms with Crippen molar-refractivity contribution < 1.29 is 14.3 Å². The number of nitrogens with one attached hydrogen (secondary N) is 1. The second-order valence-corrected chi connectivity index (χ2v) is 7.64. The van der Waals surface area contributed by atoms with Crippen molar-refractivity contribution in [1.29, 1.82) is 0 Å². The molecule has 150 valence electrons. The second kappa shape index (κ2) is 9.95. The maximum Gasteiger partial charge on any atom is 0.317 e. The normalized spacial score (nSPS) is 21.4. The van der Waals surface area contributed by atoms with Crippen LogP contribution in [0.2, 0.25) is 0 Å². The van der Waals surface area contributed by atoms with Gasteiger partial charge in [-0.05, 0) is 49.3 Å². The van der Waals surface area contributed by atoms with Crippen molar-refractivity contribution in [2.75, 3.05) is 60.1 Å². The predicted molar refractivity (Wildman–Crippen MR) is 106 cm³/mol. The van der Waals surface area contributed by atoms with Gasteiger partial charge in [-0.2, -0.15) is 0 Å². The van der Waals surface area contributed by atoms with E-state index in [2.05, 4.69) is 22.3 Å². The first-order valence-electron chi connectivity index (χ1n) is 10.1. The average Bonchev–Trinajstić information content (AvgIpc) is 3.18. The van der Waals surface area contributed by atoms with Gasteiger partial charge in [-0.15, -0.1) is 0 Å². The number of carbonyl (C=O) groups excluding carboxylic acids is 1. The number of nitrogens with zero attached hydrogens (tertiary/aromatic N) is 2. The molecule has 6 nitrogen and oxygen atoms in total. The summed E-state index contributed by atoms with van der Waals surface area (Å²) in [6, 6.07) is 8.32. The first-order valence-corrected chi connectivity index (χ1v) is 10.1. The summed E-state index contributed by atoms with van der Waals surface area (Å²) in [5.41, 5.74) is 1.27. The van der Waals surface area contributed by atoms with Crippen molar-refractivity contribution in [3.05, 3.63) is 29.8 Å². The monoisotopic (exact) mass is 375 g/mol. The zero-order chi connectivity index (χ0) is 19.1. The van der Waals surface area contributed by atoms with Crippen molar-refractivity contribution in [2.24, 2.45) is 5.92 Å². The summed E-state index contributed by atoms with van der Waals surface area (Å²) in [4.78, 5) is 16.9. The van der Waals surface area contributed by atoms with Gasteiger partial charge >= 0.3 is 6.03 Å². The minimum Gasteiger partial charge on any atom is -0.496 e. The molecule has 1 aromatic rings. The Morgan fingerprint density at radius 1 is 1.15 bits per heavy atom. The Kier molecular flexibility index (Phi) is 7.35. The van der Waals surface area contributed by atoms with Gasteiger partial charge in [0, 0.05) is 39.8 Å². The summed E-state index contributed by atoms with van der Waals surface area (Å²) in [6.07, 6.45) is 3.13. The number of piperidine rings is 1. The third kappa shape index (κ3) is 5.36. The van der Waals surface area contributed by atoms with Crippen LogP contribution < -0.4 is 10.1 Å². The summed E-state index contributed by atoms with van der Waals surface area (Å²) >= 11 is 0. The SMILES string of the molecule is COCCN1CC[C@@H](CNC(=O)N2CCC(c3ccccc3OC)CC2)C1. The molecule has 3 rings (SSSR count). The summed E-state index contributed by atoms with van der Waals surface area (Å²) in [5.74, 6) is 1.98. The quantitative estimate of drug-likeness (QED) is 0.796. The van der Waals surface area contributed by atoms with E-state index in [0.717, 1.165) is 70.9 Å². The summed E-state index contributed by atoms with van der Waals surface area (Å²) in [7, 11) is 3.46. The van der Waals surface area contributed by atoms with Crippen LogP contribution in [0.25, 0.3) is 0 Å². The number of rotatable bonds is 7. The van der Waals surface area contributed by atoms with E-state index in [4.69, 9.17) is 9.47 Å². The summed E-state index contributed by atoms with van der Waals surface area (Å²) in [5, 5.41) is 3.15. The Labute approximate surface area is 162 Å². The number of urea groups is 1. The minimum atomic E-state index is 0.0869. The number of hydrogen-bond acceptors (Lipinski definition) is 4. The lowest BCUT2D eigenvalue weighted by Crippen LogP contribution is -2.45. The van der Waals surface area contributed by atoms with E-state index in [0.29, 0.717) is 11.8 Å². The lowest BCUT2D eigenvalue weighted by Gasteiger charge is -2.33. The van der Waals surface area contributed by atoms with Crippen LogP contribution in [0.5, 0.6) is 5.75 Å². The molecule has 2 aliphatic heterocycles. The van der Waals surface area contributed by atoms with Crippen LogP contribution in [-0.2, 0) is 4.74 Å². The fourth-order valence-electron chi connectivity index (χ4n) is 4.24. The number of ether oxygens (including phenoxy) is 2. The van der Waals surface area contributed by atoms with Gasteiger partial charge in [-0.3, -0.25) is 0 Å². The summed E-state index contributed by atoms with van der Waals surface area (Å²) < 4.78 is 10.6. The number of benzene rings is 1. The van der Waals surface area contributed by atoms with Crippen LogP contribution in [-0.4, -0.2) is 75.9 Å². The molecule has 0 bridgehead atoms. The van der Waals surface area contributed by atoms with Gasteiger partial charge in [0.25, 0.3) is 0 Å². The number of carbonyl (C=O) groups is 1. The molecule has 2 saturated heterocycles. The van der Waals surface area contributed by atoms with E-state index >= 15 is 0 Å². The molecular weight excluding hydrogens is 342 g/mol. The Bertz CT molecular complexity index is 602. The zero-order valence-corrected chi connectivity index (χ0v) is 16.7. The van der Waals surface area contributed by atoms with Crippen molar-refractivity contribution in [3.8, 4) is 5.75 Å². The molecule has 1 aromatic carbocycles. The van der Waals surface area contributed by atoms with Crippen molar-refractivity contribution >= 4 is 6.03 Å². The molecule has 0 aliphatic carbocycles. The lowest BCUT2D eigenvalue weighted by molar-refractivity contribution is 0.158. The number of likely N-dealkylation sites (tertiary alicyclic amines) is 2. The standard InChI is InChI=1S/C21H33N3O3/c1-26-14-13-23-10-7-17(16-23)15-22-21(25)24-11-8-18(9-12-24)19-5-3-4-6-20(19)27-2/h3-6,17-18H,7-16H2,1-2H3,(H,22,25)/t17-/m0/s1. The maximum atomic E-state index is 12.5. The van der Waals surface area contributed by atoms with Crippen LogP contribution in [0.4, 0.5) is 4.79 Å². The van der Waals surface area contributed by atoms with Gasteiger partial charge in [0.1, 0.15) is 5.75 Å². The molecular formula is C21H33N3O3. The van der Waals surface area contributed by atoms with E-state index in [1.807, 2.05) is 17.0 Å². The highest BCUT2D eigenvalue weighted by Crippen LogP contribution is 2.33. The van der Waals surface area contributed by atoms with Gasteiger partial charge in [0.2, 0.25) is 0 Å². The van der Waals surface area contributed by atoms with Gasteiger partial charge in [-0.25, -0.2) is 4.79 Å². The zero-order valence-electron chi connectivity index (χ0n) is 16.7. The Morgan fingerprint density at radius 2 is 1.93 bits per heavy atom. The van der Waals surface area contributed by atoms with E-state index in [1.165, 1.54) is 5.56 Å². The third-order valence-corrected chi connectivity index (χ3v) is 5.88. The molecule has 1 atom stereocenters. The van der Waals surface area contributed by atoms with Crippen LogP contribution in [0.15, 0.2) is 24.3 Å². The topological polar surface area (TPSA) is 54.0 Å². The molecule has 0 spiro atoms. The number of amides is 2. The Balaban J connectivity index is 1.40. The molecule has 0 aromatic heterocycles. The van der Waals surface area contributed by atoms with Crippen LogP contribution in [0.3, 0.4) is 0 Å². The predicted octanol–water partition coefficient (Wildman–Crippen LogP) is 2.55. The minimum absolute atomic E-state index is 0.0869. The van der Waals surface area contributed by atoms with Crippen molar-refractivity contribution in [1.82, 2.24) is 15.1 Å². The van der Waals surface area contributed by atoms with Gasteiger partial charge in [-0.1, -0.05) is 18.2 Å². The van der Waals surface area contributed by atoms with E-state index in [-0.39, 0.29) is 6.03 Å². The van der Waals surface area contributed by atoms with Crippen LogP contribution in [0, 0.1) is 5.92 Å². The maximum absolute atomic E-state index is 12.5. The second-order valence-electron chi connectivity index (χ2n) is 7.64. The van der Waals surface area contributed by atoms with Gasteiger partial charge < -0.3 is 24.6 Å². The smallest absolute Gasteiger partial charge is 0.317 e. The molecule has 6 heteroatoms. The molecule has 1 N–H and O–H groups in total. The largest absolute Gasteiger partial charge is 0.496 e. The molecule has 27 heavy (non-hydrogen) atoms. The molecule has 2 heterocycles. The highest BCUT2D eigenvalue weighted by Gasteiger charge is 2.27. The van der Waals surface area contributed by atoms with Crippen molar-refractivity contribution in [3.63, 3.8) is 0 Å². The highest BCUT2D eigenvalue weighted by atomic mass is 16.5. The fourth-order valence-corrected chi connectivity index (χ4v) is 4.24. The molecule has 0 unspecified atom stereocenters. The first-order chi connectivity index (χ1) is 13.2. The highest BCUT2D eigenvalue weighted by molar-refractivity contribution is 5.74. The summed E-state index contributed by atoms with van der Waals surface area (Å²) in [6.45, 7) is 6.30. The number of para-hydroxylation sites is 1. The molecule has 2 fully saturated rings. The molecule has 0 radical (unpaired) electrons. The first kappa shape index (κ1) is 20.0. The van der Waals surface area contributed by atoms with Crippen molar-refractivity contribution in [2.45, 2.75) is 25.2 Å². The van der Waals surface area contributed by atoms with Gasteiger partial charge in [0.05, 0.1) is 13.7 Å². The Morgan fingerprint density at radius 3 is 2.67 bits per heavy atom. The Hall–Kier alpha value is -1.79. The van der Waals surface area contributed by atoms with E-state index in [1.54, 1.807) is 14.2 Å². The number of methoxy groups -OCH3 is 2. The lowest BCUT2D eigenvalue weighted by atomic mass is 9.89.